The van der Waals surface area contributed by atoms with E-state index in [-0.39, 0.29) is 16.6 Å². The van der Waals surface area contributed by atoms with E-state index in [2.05, 4.69) is 0 Å². The summed E-state index contributed by atoms with van der Waals surface area (Å²) in [5, 5.41) is 11.6. The number of furan rings is 1. The lowest BCUT2D eigenvalue weighted by Crippen LogP contribution is -2.27. The first-order chi connectivity index (χ1) is 14.3. The molecular formula is C20H10Cl2N2O4S2. The Morgan fingerprint density at radius 3 is 2.50 bits per heavy atom. The molecule has 6 nitrogen and oxygen atoms in total. The molecule has 30 heavy (non-hydrogen) atoms. The zero-order valence-electron chi connectivity index (χ0n) is 14.9. The Morgan fingerprint density at radius 2 is 1.83 bits per heavy atom. The van der Waals surface area contributed by atoms with Gasteiger partial charge in [-0.15, -0.1) is 0 Å². The van der Waals surface area contributed by atoms with Crippen molar-refractivity contribution in [2.24, 2.45) is 0 Å². The summed E-state index contributed by atoms with van der Waals surface area (Å²) < 4.78 is 6.18. The smallest absolute Gasteiger partial charge is 0.270 e. The van der Waals surface area contributed by atoms with E-state index in [9.17, 15) is 14.9 Å². The second-order valence-corrected chi connectivity index (χ2v) is 8.64. The topological polar surface area (TPSA) is 76.6 Å². The normalized spacial score (nSPS) is 15.3. The molecule has 0 atom stereocenters. The van der Waals surface area contributed by atoms with Crippen LogP contribution in [-0.2, 0) is 4.79 Å². The maximum absolute atomic E-state index is 12.8. The summed E-state index contributed by atoms with van der Waals surface area (Å²) in [5.41, 5.74) is 1.03. The first-order valence-corrected chi connectivity index (χ1v) is 10.4. The zero-order chi connectivity index (χ0) is 21.4. The number of carbonyl (C=O) groups is 1. The fraction of sp³-hybridized carbons (Fsp3) is 0. The summed E-state index contributed by atoms with van der Waals surface area (Å²) in [6.45, 7) is 0. The van der Waals surface area contributed by atoms with Crippen LogP contribution in [0.4, 0.5) is 11.4 Å². The Bertz CT molecular complexity index is 1220. The maximum Gasteiger partial charge on any atom is 0.270 e. The third-order valence-corrected chi connectivity index (χ3v) is 6.07. The van der Waals surface area contributed by atoms with Crippen LogP contribution >= 0.6 is 47.2 Å². The lowest BCUT2D eigenvalue weighted by atomic mass is 10.1. The molecule has 10 heteroatoms. The zero-order valence-corrected chi connectivity index (χ0v) is 18.0. The van der Waals surface area contributed by atoms with Gasteiger partial charge in [0.15, 0.2) is 4.32 Å². The highest BCUT2D eigenvalue weighted by Crippen LogP contribution is 2.38. The van der Waals surface area contributed by atoms with Gasteiger partial charge in [0.05, 0.1) is 20.5 Å². The number of rotatable bonds is 4. The first kappa shape index (κ1) is 20.6. The van der Waals surface area contributed by atoms with E-state index in [1.165, 1.54) is 23.1 Å². The average molecular weight is 477 g/mol. The van der Waals surface area contributed by atoms with Gasteiger partial charge < -0.3 is 4.42 Å². The predicted molar refractivity (Wildman–Crippen MR) is 123 cm³/mol. The highest BCUT2D eigenvalue weighted by molar-refractivity contribution is 8.27. The van der Waals surface area contributed by atoms with Crippen LogP contribution in [0.1, 0.15) is 5.76 Å². The van der Waals surface area contributed by atoms with Gasteiger partial charge in [0.25, 0.3) is 11.6 Å². The largest absolute Gasteiger partial charge is 0.457 e. The summed E-state index contributed by atoms with van der Waals surface area (Å²) in [7, 11) is 0. The molecule has 0 N–H and O–H groups in total. The highest BCUT2D eigenvalue weighted by atomic mass is 35.5. The van der Waals surface area contributed by atoms with Crippen LogP contribution < -0.4 is 4.90 Å². The minimum Gasteiger partial charge on any atom is -0.457 e. The monoisotopic (exact) mass is 476 g/mol. The van der Waals surface area contributed by atoms with Crippen molar-refractivity contribution in [2.75, 3.05) is 4.90 Å². The molecule has 0 aliphatic carbocycles. The molecule has 150 valence electrons. The van der Waals surface area contributed by atoms with Crippen molar-refractivity contribution >= 4 is 74.9 Å². The number of thioether (sulfide) groups is 1. The average Bonchev–Trinajstić information content (AvgIpc) is 3.27. The standard InChI is InChI=1S/C20H10Cl2N2O4S2/c21-11-1-3-12(4-2-11)23-19(25)18(30-20(23)29)10-14-6-8-17(28-14)15-7-5-13(24(26)27)9-16(15)22/h1-10H/b18-10-. The van der Waals surface area contributed by atoms with E-state index >= 15 is 0 Å². The number of benzene rings is 2. The third-order valence-electron chi connectivity index (χ3n) is 4.21. The summed E-state index contributed by atoms with van der Waals surface area (Å²) in [6, 6.07) is 14.3. The second kappa shape index (κ2) is 8.23. The van der Waals surface area contributed by atoms with Gasteiger partial charge in [0, 0.05) is 28.8 Å². The van der Waals surface area contributed by atoms with E-state index in [0.717, 1.165) is 11.8 Å². The highest BCUT2D eigenvalue weighted by Gasteiger charge is 2.33. The molecule has 0 saturated carbocycles. The molecule has 3 aromatic rings. The van der Waals surface area contributed by atoms with E-state index in [0.29, 0.717) is 37.0 Å². The summed E-state index contributed by atoms with van der Waals surface area (Å²) in [6.07, 6.45) is 1.60. The molecule has 2 aromatic carbocycles. The lowest BCUT2D eigenvalue weighted by molar-refractivity contribution is -0.384. The van der Waals surface area contributed by atoms with Crippen molar-refractivity contribution in [3.8, 4) is 11.3 Å². The van der Waals surface area contributed by atoms with Crippen LogP contribution in [0.25, 0.3) is 17.4 Å². The van der Waals surface area contributed by atoms with E-state index in [1.807, 2.05) is 0 Å². The van der Waals surface area contributed by atoms with Gasteiger partial charge in [-0.1, -0.05) is 47.2 Å². The number of halogens is 2. The maximum atomic E-state index is 12.8. The Morgan fingerprint density at radius 1 is 1.10 bits per heavy atom. The Kier molecular flexibility index (Phi) is 5.66. The summed E-state index contributed by atoms with van der Waals surface area (Å²) in [4.78, 5) is 25.0. The third kappa shape index (κ3) is 3.99. The number of nitrogens with zero attached hydrogens (tertiary/aromatic N) is 2. The van der Waals surface area contributed by atoms with Crippen LogP contribution in [-0.4, -0.2) is 15.2 Å². The number of hydrogen-bond donors (Lipinski definition) is 0. The van der Waals surface area contributed by atoms with Crippen molar-refractivity contribution in [2.45, 2.75) is 0 Å². The van der Waals surface area contributed by atoms with E-state index < -0.39 is 4.92 Å². The minimum absolute atomic E-state index is 0.110. The Labute approximate surface area is 190 Å². The SMILES string of the molecule is O=C1/C(=C/c2ccc(-c3ccc([N+](=O)[O-])cc3Cl)o2)SC(=S)N1c1ccc(Cl)cc1. The molecule has 2 heterocycles. The minimum atomic E-state index is -0.522. The fourth-order valence-corrected chi connectivity index (χ4v) is 4.48. The molecule has 0 spiro atoms. The van der Waals surface area contributed by atoms with Crippen molar-refractivity contribution in [1.82, 2.24) is 0 Å². The van der Waals surface area contributed by atoms with Gasteiger partial charge in [-0.3, -0.25) is 19.8 Å². The van der Waals surface area contributed by atoms with Gasteiger partial charge in [0.2, 0.25) is 0 Å². The van der Waals surface area contributed by atoms with Gasteiger partial charge in [-0.2, -0.15) is 0 Å². The molecule has 1 aliphatic rings. The van der Waals surface area contributed by atoms with Crippen LogP contribution in [0.5, 0.6) is 0 Å². The van der Waals surface area contributed by atoms with Gasteiger partial charge >= 0.3 is 0 Å². The fourth-order valence-electron chi connectivity index (χ4n) is 2.80. The summed E-state index contributed by atoms with van der Waals surface area (Å²) in [5.74, 6) is 0.587. The number of amides is 1. The van der Waals surface area contributed by atoms with E-state index in [4.69, 9.17) is 39.8 Å². The van der Waals surface area contributed by atoms with Crippen molar-refractivity contribution < 1.29 is 14.1 Å². The van der Waals surface area contributed by atoms with Gasteiger partial charge in [0.1, 0.15) is 11.5 Å². The van der Waals surface area contributed by atoms with Crippen LogP contribution in [0.15, 0.2) is 63.9 Å². The molecule has 1 fully saturated rings. The molecule has 0 bridgehead atoms. The molecule has 1 saturated heterocycles. The number of anilines is 1. The Balaban J connectivity index is 1.60. The van der Waals surface area contributed by atoms with Gasteiger partial charge in [-0.25, -0.2) is 0 Å². The molecule has 0 unspecified atom stereocenters. The molecule has 1 amide bonds. The van der Waals surface area contributed by atoms with Crippen LogP contribution in [0.2, 0.25) is 10.0 Å². The molecule has 4 rings (SSSR count). The van der Waals surface area contributed by atoms with Crippen LogP contribution in [0, 0.1) is 10.1 Å². The predicted octanol–water partition coefficient (Wildman–Crippen LogP) is 6.57. The van der Waals surface area contributed by atoms with Crippen molar-refractivity contribution in [3.05, 3.63) is 85.4 Å². The van der Waals surface area contributed by atoms with Crippen molar-refractivity contribution in [1.29, 1.82) is 0 Å². The van der Waals surface area contributed by atoms with Crippen molar-refractivity contribution in [3.63, 3.8) is 0 Å². The number of non-ortho nitro benzene ring substituents is 1. The van der Waals surface area contributed by atoms with E-state index in [1.54, 1.807) is 42.5 Å². The number of nitro benzene ring substituents is 1. The second-order valence-electron chi connectivity index (χ2n) is 6.12. The molecule has 1 aromatic heterocycles. The molecule has 0 radical (unpaired) electrons. The quantitative estimate of drug-likeness (QED) is 0.183. The summed E-state index contributed by atoms with van der Waals surface area (Å²) >= 11 is 18.6. The number of nitro groups is 1. The number of thiocarbonyl (C=S) groups is 1. The Hall–Kier alpha value is -2.65. The van der Waals surface area contributed by atoms with Gasteiger partial charge in [-0.05, 0) is 42.5 Å². The van der Waals surface area contributed by atoms with Crippen LogP contribution in [0.3, 0.4) is 0 Å². The molecular weight excluding hydrogens is 467 g/mol. The number of hydrogen-bond acceptors (Lipinski definition) is 6. The number of carbonyl (C=O) groups excluding carboxylic acids is 1. The first-order valence-electron chi connectivity index (χ1n) is 8.41. The molecule has 1 aliphatic heterocycles. The lowest BCUT2D eigenvalue weighted by Gasteiger charge is -2.14.